The topological polar surface area (TPSA) is 61.4 Å². The van der Waals surface area contributed by atoms with Gasteiger partial charge in [0.05, 0.1) is 50.1 Å². The summed E-state index contributed by atoms with van der Waals surface area (Å²) in [6.45, 7) is 1.84. The third-order valence-corrected chi connectivity index (χ3v) is 12.1. The number of aromatic nitrogens is 6. The maximum atomic E-state index is 14.2. The van der Waals surface area contributed by atoms with Crippen LogP contribution in [-0.4, -0.2) is 29.1 Å². The number of benzene rings is 7. The minimum Gasteiger partial charge on any atom is -0.309 e. The number of aryl methyl sites for hydroxylation is 1. The van der Waals surface area contributed by atoms with Crippen LogP contribution in [-0.2, 0) is 18.5 Å². The predicted octanol–water partition coefficient (Wildman–Crippen LogP) is 15.5. The van der Waals surface area contributed by atoms with Gasteiger partial charge >= 0.3 is 18.5 Å². The van der Waals surface area contributed by atoms with Gasteiger partial charge in [0.1, 0.15) is 0 Å². The van der Waals surface area contributed by atoms with Crippen LogP contribution in [0.3, 0.4) is 0 Å². The average Bonchev–Trinajstić information content (AvgIpc) is 3.84. The van der Waals surface area contributed by atoms with Crippen LogP contribution in [0.5, 0.6) is 0 Å². The molecule has 4 heterocycles. The van der Waals surface area contributed by atoms with E-state index in [9.17, 15) is 39.5 Å². The quantitative estimate of drug-likeness (QED) is 0.156. The molecular weight excluding hydrogens is 904 g/mol. The fourth-order valence-electron chi connectivity index (χ4n) is 8.95. The number of pyridine rings is 1. The number of rotatable bonds is 6. The molecular formula is C54H31F9N6. The van der Waals surface area contributed by atoms with Crippen LogP contribution < -0.4 is 0 Å². The van der Waals surface area contributed by atoms with E-state index in [4.69, 9.17) is 19.9 Å². The standard InChI is InChI=1S/C54H31F9N6/c1-30-12-17-46-38(24-30)39-26-36(54(61,62)63)16-21-47(39)69(46)48-18-13-33(51-66-49(31-8-4-2-5-9-31)65-50(67-51)32-10-6-3-7-11-32)25-42(48)43-29-37(22-23-64-43)68-44-19-14-34(52(55,56)57)27-40(44)41-28-35(53(58,59)60)15-20-45(41)68/h2-29H,1H3. The highest BCUT2D eigenvalue weighted by atomic mass is 19.4. The molecule has 0 atom stereocenters. The van der Waals surface area contributed by atoms with Gasteiger partial charge in [-0.1, -0.05) is 72.3 Å². The summed E-state index contributed by atoms with van der Waals surface area (Å²) >= 11 is 0. The lowest BCUT2D eigenvalue weighted by Crippen LogP contribution is -2.05. The zero-order chi connectivity index (χ0) is 48.0. The second-order valence-corrected chi connectivity index (χ2v) is 16.5. The van der Waals surface area contributed by atoms with Gasteiger partial charge in [-0.2, -0.15) is 39.5 Å². The van der Waals surface area contributed by atoms with Gasteiger partial charge in [0.15, 0.2) is 17.5 Å². The van der Waals surface area contributed by atoms with E-state index in [-0.39, 0.29) is 27.6 Å². The number of fused-ring (bicyclic) bond motifs is 6. The summed E-state index contributed by atoms with van der Waals surface area (Å²) in [5, 5.41) is 0.805. The number of alkyl halides is 9. The molecule has 0 spiro atoms. The monoisotopic (exact) mass is 934 g/mol. The van der Waals surface area contributed by atoms with Crippen molar-refractivity contribution in [3.63, 3.8) is 0 Å². The van der Waals surface area contributed by atoms with E-state index in [0.29, 0.717) is 61.7 Å². The van der Waals surface area contributed by atoms with Gasteiger partial charge in [0, 0.05) is 55.7 Å². The fourth-order valence-corrected chi connectivity index (χ4v) is 8.95. The van der Waals surface area contributed by atoms with Crippen molar-refractivity contribution in [3.05, 3.63) is 192 Å². The van der Waals surface area contributed by atoms with Crippen LogP contribution in [0, 0.1) is 6.92 Å². The molecule has 0 fully saturated rings. The van der Waals surface area contributed by atoms with Crippen molar-refractivity contribution in [1.29, 1.82) is 0 Å². The largest absolute Gasteiger partial charge is 0.416 e. The summed E-state index contributed by atoms with van der Waals surface area (Å²) in [4.78, 5) is 19.5. The number of nitrogens with zero attached hydrogens (tertiary/aromatic N) is 6. The lowest BCUT2D eigenvalue weighted by molar-refractivity contribution is -0.138. The summed E-state index contributed by atoms with van der Waals surface area (Å²) in [6.07, 6.45) is -12.7. The first-order valence-electron chi connectivity index (χ1n) is 21.3. The van der Waals surface area contributed by atoms with Crippen molar-refractivity contribution >= 4 is 43.6 Å². The van der Waals surface area contributed by atoms with Crippen LogP contribution in [0.1, 0.15) is 22.3 Å². The Kier molecular flexibility index (Phi) is 9.96. The highest BCUT2D eigenvalue weighted by Gasteiger charge is 2.34. The lowest BCUT2D eigenvalue weighted by Gasteiger charge is -2.17. The van der Waals surface area contributed by atoms with Crippen molar-refractivity contribution in [2.75, 3.05) is 0 Å². The highest BCUT2D eigenvalue weighted by Crippen LogP contribution is 2.43. The fraction of sp³-hybridized carbons (Fsp3) is 0.0741. The summed E-state index contributed by atoms with van der Waals surface area (Å²) in [7, 11) is 0. The minimum absolute atomic E-state index is 0.0518. The third kappa shape index (κ3) is 7.69. The first kappa shape index (κ1) is 43.3. The van der Waals surface area contributed by atoms with Gasteiger partial charge in [-0.05, 0) is 104 Å². The summed E-state index contributed by atoms with van der Waals surface area (Å²) in [5.41, 5.74) is 2.90. The second kappa shape index (κ2) is 15.9. The number of hydrogen-bond donors (Lipinski definition) is 0. The molecule has 0 saturated heterocycles. The van der Waals surface area contributed by atoms with Gasteiger partial charge < -0.3 is 9.13 Å². The zero-order valence-electron chi connectivity index (χ0n) is 35.8. The molecule has 0 aliphatic heterocycles. The molecule has 6 nitrogen and oxygen atoms in total. The Labute approximate surface area is 385 Å². The maximum Gasteiger partial charge on any atom is 0.416 e. The molecule has 7 aromatic carbocycles. The molecule has 11 rings (SSSR count). The van der Waals surface area contributed by atoms with Crippen molar-refractivity contribution in [2.24, 2.45) is 0 Å². The van der Waals surface area contributed by atoms with Crippen molar-refractivity contribution in [3.8, 4) is 56.8 Å². The molecule has 0 aliphatic carbocycles. The highest BCUT2D eigenvalue weighted by molar-refractivity contribution is 6.11. The molecule has 0 N–H and O–H groups in total. The average molecular weight is 935 g/mol. The van der Waals surface area contributed by atoms with Crippen LogP contribution in [0.15, 0.2) is 170 Å². The van der Waals surface area contributed by atoms with Crippen molar-refractivity contribution in [1.82, 2.24) is 29.1 Å². The van der Waals surface area contributed by atoms with Gasteiger partial charge in [0.2, 0.25) is 0 Å². The van der Waals surface area contributed by atoms with Crippen molar-refractivity contribution in [2.45, 2.75) is 25.5 Å². The second-order valence-electron chi connectivity index (χ2n) is 16.5. The van der Waals surface area contributed by atoms with Gasteiger partial charge in [-0.15, -0.1) is 0 Å². The van der Waals surface area contributed by atoms with Crippen LogP contribution in [0.2, 0.25) is 0 Å². The Balaban J connectivity index is 1.19. The summed E-state index contributed by atoms with van der Waals surface area (Å²) < 4.78 is 131. The molecule has 15 heteroatoms. The van der Waals surface area contributed by atoms with Gasteiger partial charge in [-0.25, -0.2) is 15.0 Å². The van der Waals surface area contributed by atoms with Crippen LogP contribution in [0.25, 0.3) is 100 Å². The molecule has 340 valence electrons. The van der Waals surface area contributed by atoms with E-state index in [1.807, 2.05) is 90.4 Å². The van der Waals surface area contributed by atoms with E-state index in [2.05, 4.69) is 0 Å². The van der Waals surface area contributed by atoms with Gasteiger partial charge in [0.25, 0.3) is 0 Å². The van der Waals surface area contributed by atoms with E-state index in [0.717, 1.165) is 53.1 Å². The Hall–Kier alpha value is -8.33. The normalized spacial score (nSPS) is 12.5. The van der Waals surface area contributed by atoms with E-state index in [1.54, 1.807) is 34.9 Å². The van der Waals surface area contributed by atoms with Crippen LogP contribution >= 0.6 is 0 Å². The Morgan fingerprint density at radius 2 is 0.826 bits per heavy atom. The first-order chi connectivity index (χ1) is 33.0. The Morgan fingerprint density at radius 1 is 0.391 bits per heavy atom. The summed E-state index contributed by atoms with van der Waals surface area (Å²) in [6, 6.07) is 42.2. The van der Waals surface area contributed by atoms with Crippen molar-refractivity contribution < 1.29 is 39.5 Å². The lowest BCUT2D eigenvalue weighted by atomic mass is 10.0. The van der Waals surface area contributed by atoms with E-state index in [1.165, 1.54) is 24.4 Å². The maximum absolute atomic E-state index is 14.2. The molecule has 4 aromatic heterocycles. The molecule has 11 aromatic rings. The third-order valence-electron chi connectivity index (χ3n) is 12.1. The van der Waals surface area contributed by atoms with Crippen LogP contribution in [0.4, 0.5) is 39.5 Å². The van der Waals surface area contributed by atoms with E-state index >= 15 is 0 Å². The zero-order valence-corrected chi connectivity index (χ0v) is 35.8. The summed E-state index contributed by atoms with van der Waals surface area (Å²) in [5.74, 6) is 1.05. The van der Waals surface area contributed by atoms with E-state index < -0.39 is 35.2 Å². The predicted molar refractivity (Wildman–Crippen MR) is 248 cm³/mol. The Bertz CT molecular complexity index is 3690. The molecule has 0 amide bonds. The molecule has 0 bridgehead atoms. The molecule has 0 aliphatic rings. The molecule has 0 saturated carbocycles. The first-order valence-corrected chi connectivity index (χ1v) is 21.3. The Morgan fingerprint density at radius 3 is 1.30 bits per heavy atom. The molecule has 0 unspecified atom stereocenters. The number of hydrogen-bond acceptors (Lipinski definition) is 4. The minimum atomic E-state index is -4.78. The smallest absolute Gasteiger partial charge is 0.309 e. The van der Waals surface area contributed by atoms with Gasteiger partial charge in [-0.3, -0.25) is 4.98 Å². The number of halogens is 9. The SMILES string of the molecule is Cc1ccc2c(c1)c1cc(C(F)(F)F)ccc1n2-c1ccc(-c2nc(-c3ccccc3)nc(-c3ccccc3)n2)cc1-c1cc(-n2c3ccc(C(F)(F)F)cc3c3cc(C(F)(F)F)ccc32)ccn1. The molecule has 0 radical (unpaired) electrons. The molecule has 69 heavy (non-hydrogen) atoms.